The Bertz CT molecular complexity index is 1070. The normalized spacial score (nSPS) is 19.4. The molecular weight excluding hydrogens is 400 g/mol. The number of hydrogen-bond donors (Lipinski definition) is 0. The third kappa shape index (κ3) is 4.16. The van der Waals surface area contributed by atoms with Gasteiger partial charge in [0, 0.05) is 13.1 Å². The summed E-state index contributed by atoms with van der Waals surface area (Å²) in [5.74, 6) is 0.743. The lowest BCUT2D eigenvalue weighted by molar-refractivity contribution is -0.120. The molecular formula is C27H32N2O3. The summed E-state index contributed by atoms with van der Waals surface area (Å²) in [6, 6.07) is 13.3. The Kier molecular flexibility index (Phi) is 6.09. The van der Waals surface area contributed by atoms with Gasteiger partial charge in [-0.1, -0.05) is 25.1 Å². The van der Waals surface area contributed by atoms with E-state index in [1.807, 2.05) is 70.2 Å². The predicted octanol–water partition coefficient (Wildman–Crippen LogP) is 5.11. The molecule has 1 saturated heterocycles. The van der Waals surface area contributed by atoms with E-state index >= 15 is 0 Å². The standard InChI is InChI=1S/C27H32N2O3/c1-17(2)32-23-12-9-21(10-13-23)24-25(28-14-6-7-18(3)16-28)27(31)29(26(24)30)22-11-8-19(4)20(5)15-22/h8-13,15,17-18H,6-7,14,16H2,1-5H3. The van der Waals surface area contributed by atoms with E-state index in [2.05, 4.69) is 11.8 Å². The van der Waals surface area contributed by atoms with Crippen molar-refractivity contribution in [2.45, 2.75) is 53.6 Å². The molecule has 0 aromatic heterocycles. The first-order valence-corrected chi connectivity index (χ1v) is 11.5. The number of rotatable bonds is 5. The second-order valence-electron chi connectivity index (χ2n) is 9.32. The van der Waals surface area contributed by atoms with Crippen LogP contribution in [0.4, 0.5) is 5.69 Å². The quantitative estimate of drug-likeness (QED) is 0.617. The highest BCUT2D eigenvalue weighted by Gasteiger charge is 2.43. The van der Waals surface area contributed by atoms with Crippen LogP contribution >= 0.6 is 0 Å². The van der Waals surface area contributed by atoms with Gasteiger partial charge in [-0.05, 0) is 87.4 Å². The molecule has 0 saturated carbocycles. The summed E-state index contributed by atoms with van der Waals surface area (Å²) in [6.45, 7) is 11.8. The van der Waals surface area contributed by atoms with Gasteiger partial charge in [-0.2, -0.15) is 0 Å². The van der Waals surface area contributed by atoms with Gasteiger partial charge in [-0.15, -0.1) is 0 Å². The lowest BCUT2D eigenvalue weighted by atomic mass is 9.97. The third-order valence-electron chi connectivity index (χ3n) is 6.30. The van der Waals surface area contributed by atoms with Crippen LogP contribution in [-0.2, 0) is 9.59 Å². The molecule has 4 rings (SSSR count). The van der Waals surface area contributed by atoms with Gasteiger partial charge in [0.05, 0.1) is 17.4 Å². The average molecular weight is 433 g/mol. The Morgan fingerprint density at radius 3 is 2.31 bits per heavy atom. The second-order valence-corrected chi connectivity index (χ2v) is 9.32. The summed E-state index contributed by atoms with van der Waals surface area (Å²) in [7, 11) is 0. The minimum Gasteiger partial charge on any atom is -0.491 e. The Balaban J connectivity index is 1.78. The highest BCUT2D eigenvalue weighted by atomic mass is 16.5. The van der Waals surface area contributed by atoms with E-state index < -0.39 is 0 Å². The van der Waals surface area contributed by atoms with Gasteiger partial charge < -0.3 is 9.64 Å². The predicted molar refractivity (Wildman–Crippen MR) is 128 cm³/mol. The molecule has 5 nitrogen and oxygen atoms in total. The smallest absolute Gasteiger partial charge is 0.282 e. The number of imide groups is 1. The van der Waals surface area contributed by atoms with Crippen LogP contribution in [-0.4, -0.2) is 35.9 Å². The number of aryl methyl sites for hydroxylation is 2. The molecule has 2 aromatic carbocycles. The van der Waals surface area contributed by atoms with Crippen molar-refractivity contribution in [1.29, 1.82) is 0 Å². The molecule has 1 atom stereocenters. The largest absolute Gasteiger partial charge is 0.491 e. The molecule has 2 aliphatic heterocycles. The first-order chi connectivity index (χ1) is 15.3. The topological polar surface area (TPSA) is 49.9 Å². The average Bonchev–Trinajstić information content (AvgIpc) is 3.00. The van der Waals surface area contributed by atoms with Crippen LogP contribution in [0, 0.1) is 19.8 Å². The zero-order valence-electron chi connectivity index (χ0n) is 19.6. The number of amides is 2. The summed E-state index contributed by atoms with van der Waals surface area (Å²) in [4.78, 5) is 30.9. The van der Waals surface area contributed by atoms with Crippen molar-refractivity contribution in [1.82, 2.24) is 4.90 Å². The van der Waals surface area contributed by atoms with Gasteiger partial charge in [0.25, 0.3) is 11.8 Å². The lowest BCUT2D eigenvalue weighted by Crippen LogP contribution is -2.39. The third-order valence-corrected chi connectivity index (χ3v) is 6.30. The molecule has 2 heterocycles. The minimum atomic E-state index is -0.260. The number of likely N-dealkylation sites (tertiary alicyclic amines) is 1. The highest BCUT2D eigenvalue weighted by molar-refractivity contribution is 6.45. The van der Waals surface area contributed by atoms with Crippen molar-refractivity contribution in [3.63, 3.8) is 0 Å². The highest BCUT2D eigenvalue weighted by Crippen LogP contribution is 2.37. The molecule has 2 aromatic rings. The number of benzene rings is 2. The number of carbonyl (C=O) groups excluding carboxylic acids is 2. The lowest BCUT2D eigenvalue weighted by Gasteiger charge is -2.33. The summed E-state index contributed by atoms with van der Waals surface area (Å²) >= 11 is 0. The molecule has 168 valence electrons. The Morgan fingerprint density at radius 1 is 0.969 bits per heavy atom. The monoisotopic (exact) mass is 432 g/mol. The fourth-order valence-electron chi connectivity index (χ4n) is 4.54. The van der Waals surface area contributed by atoms with Crippen molar-refractivity contribution < 1.29 is 14.3 Å². The zero-order chi connectivity index (χ0) is 23.0. The van der Waals surface area contributed by atoms with Gasteiger partial charge in [0.15, 0.2) is 0 Å². The fraction of sp³-hybridized carbons (Fsp3) is 0.407. The van der Waals surface area contributed by atoms with Gasteiger partial charge >= 0.3 is 0 Å². The van der Waals surface area contributed by atoms with Crippen molar-refractivity contribution in [2.24, 2.45) is 5.92 Å². The van der Waals surface area contributed by atoms with Crippen LogP contribution in [0.3, 0.4) is 0 Å². The fourth-order valence-corrected chi connectivity index (χ4v) is 4.54. The number of ether oxygens (including phenoxy) is 1. The molecule has 0 spiro atoms. The van der Waals surface area contributed by atoms with Crippen LogP contribution in [0.5, 0.6) is 5.75 Å². The van der Waals surface area contributed by atoms with E-state index in [1.165, 1.54) is 4.90 Å². The van der Waals surface area contributed by atoms with E-state index in [0.717, 1.165) is 48.4 Å². The molecule has 0 aliphatic carbocycles. The van der Waals surface area contributed by atoms with E-state index in [-0.39, 0.29) is 17.9 Å². The first-order valence-electron chi connectivity index (χ1n) is 11.5. The Hall–Kier alpha value is -3.08. The van der Waals surface area contributed by atoms with Crippen LogP contribution in [0.25, 0.3) is 5.57 Å². The summed E-state index contributed by atoms with van der Waals surface area (Å²) in [5, 5.41) is 0. The van der Waals surface area contributed by atoms with Crippen molar-refractivity contribution in [3.8, 4) is 5.75 Å². The number of carbonyl (C=O) groups is 2. The molecule has 1 unspecified atom stereocenters. The molecule has 32 heavy (non-hydrogen) atoms. The maximum atomic E-state index is 13.7. The maximum absolute atomic E-state index is 13.7. The Labute approximate surface area is 190 Å². The van der Waals surface area contributed by atoms with Crippen molar-refractivity contribution >= 4 is 23.1 Å². The van der Waals surface area contributed by atoms with Gasteiger partial charge in [-0.25, -0.2) is 4.90 Å². The maximum Gasteiger partial charge on any atom is 0.282 e. The summed E-state index contributed by atoms with van der Waals surface area (Å²) in [5.41, 5.74) is 4.57. The number of nitrogens with zero attached hydrogens (tertiary/aromatic N) is 2. The number of hydrogen-bond acceptors (Lipinski definition) is 4. The SMILES string of the molecule is Cc1ccc(N2C(=O)C(c3ccc(OC(C)C)cc3)=C(N3CCCC(C)C3)C2=O)cc1C. The van der Waals surface area contributed by atoms with Crippen LogP contribution in [0.2, 0.25) is 0 Å². The van der Waals surface area contributed by atoms with Gasteiger partial charge in [-0.3, -0.25) is 9.59 Å². The summed E-state index contributed by atoms with van der Waals surface area (Å²) < 4.78 is 5.76. The molecule has 2 amide bonds. The first kappa shape index (κ1) is 22.1. The van der Waals surface area contributed by atoms with E-state index in [0.29, 0.717) is 22.9 Å². The van der Waals surface area contributed by atoms with Crippen LogP contribution < -0.4 is 9.64 Å². The molecule has 0 N–H and O–H groups in total. The molecule has 2 aliphatic rings. The molecule has 1 fully saturated rings. The second kappa shape index (κ2) is 8.81. The van der Waals surface area contributed by atoms with Crippen molar-refractivity contribution in [3.05, 3.63) is 64.9 Å². The van der Waals surface area contributed by atoms with Crippen molar-refractivity contribution in [2.75, 3.05) is 18.0 Å². The minimum absolute atomic E-state index is 0.0698. The van der Waals surface area contributed by atoms with E-state index in [4.69, 9.17) is 4.74 Å². The number of anilines is 1. The number of piperidine rings is 1. The molecule has 0 bridgehead atoms. The van der Waals surface area contributed by atoms with E-state index in [9.17, 15) is 9.59 Å². The van der Waals surface area contributed by atoms with Gasteiger partial charge in [0.1, 0.15) is 11.4 Å². The van der Waals surface area contributed by atoms with Crippen LogP contribution in [0.15, 0.2) is 48.2 Å². The molecule has 5 heteroatoms. The molecule has 0 radical (unpaired) electrons. The van der Waals surface area contributed by atoms with E-state index in [1.54, 1.807) is 0 Å². The Morgan fingerprint density at radius 2 is 1.69 bits per heavy atom. The zero-order valence-corrected chi connectivity index (χ0v) is 19.6. The summed E-state index contributed by atoms with van der Waals surface area (Å²) in [6.07, 6.45) is 2.23. The van der Waals surface area contributed by atoms with Gasteiger partial charge in [0.2, 0.25) is 0 Å². The van der Waals surface area contributed by atoms with Crippen LogP contribution in [0.1, 0.15) is 50.3 Å².